The summed E-state index contributed by atoms with van der Waals surface area (Å²) in [5.74, 6) is -8.09. The van der Waals surface area contributed by atoms with Crippen molar-refractivity contribution in [3.05, 3.63) is 41.9 Å². The van der Waals surface area contributed by atoms with Crippen LogP contribution in [0.15, 0.2) is 30.6 Å². The molecule has 5 saturated carbocycles. The lowest BCUT2D eigenvalue weighted by Gasteiger charge is -2.59. The van der Waals surface area contributed by atoms with E-state index in [0.29, 0.717) is 80.1 Å². The number of carbonyl (C=O) groups is 2. The van der Waals surface area contributed by atoms with Gasteiger partial charge in [0.05, 0.1) is 17.6 Å². The lowest BCUT2D eigenvalue weighted by atomic mass is 9.48. The number of likely N-dealkylation sites (tertiary alicyclic amines) is 1. The molecule has 1 aromatic carbocycles. The number of rotatable bonds is 9. The van der Waals surface area contributed by atoms with Crippen LogP contribution < -0.4 is 10.1 Å². The molecule has 1 saturated heterocycles. The van der Waals surface area contributed by atoms with E-state index in [1.54, 1.807) is 33.9 Å². The number of ether oxygens (including phenoxy) is 1. The molecule has 4 bridgehead atoms. The highest BCUT2D eigenvalue weighted by atomic mass is 19.4. The van der Waals surface area contributed by atoms with E-state index in [-0.39, 0.29) is 61.6 Å². The van der Waals surface area contributed by atoms with Crippen molar-refractivity contribution in [3.63, 3.8) is 0 Å². The third kappa shape index (κ3) is 7.27. The molecule has 16 heteroatoms. The minimum absolute atomic E-state index is 0.115. The highest BCUT2D eigenvalue weighted by Crippen LogP contribution is 2.58. The maximum absolute atomic E-state index is 14.8. The van der Waals surface area contributed by atoms with Crippen LogP contribution >= 0.6 is 0 Å². The van der Waals surface area contributed by atoms with Crippen LogP contribution in [0, 0.1) is 23.7 Å². The number of aliphatic carboxylic acids is 1. The van der Waals surface area contributed by atoms with Gasteiger partial charge in [0, 0.05) is 68.3 Å². The highest BCUT2D eigenvalue weighted by Gasteiger charge is 2.62. The Morgan fingerprint density at radius 3 is 2.18 bits per heavy atom. The number of benzene rings is 1. The topological polar surface area (TPSA) is 110 Å². The molecule has 2 N–H and O–H groups in total. The molecule has 2 aromatic heterocycles. The monoisotopic (exact) mass is 779 g/mol. The second kappa shape index (κ2) is 13.6. The number of piperidine rings is 1. The number of halogens is 7. The van der Waals surface area contributed by atoms with Crippen molar-refractivity contribution in [2.75, 3.05) is 19.6 Å². The number of carboxylic acid groups (broad SMARTS) is 1. The second-order valence-corrected chi connectivity index (χ2v) is 16.8. The molecule has 0 atom stereocenters. The molecule has 0 radical (unpaired) electrons. The van der Waals surface area contributed by atoms with Crippen molar-refractivity contribution in [3.8, 4) is 17.1 Å². The smallest absolute Gasteiger partial charge is 0.434 e. The minimum Gasteiger partial charge on any atom is -0.490 e. The Hall–Kier alpha value is -3.95. The number of amides is 1. The molecule has 0 unspecified atom stereocenters. The molecule has 6 fully saturated rings. The summed E-state index contributed by atoms with van der Waals surface area (Å²) in [7, 11) is 0. The highest BCUT2D eigenvalue weighted by molar-refractivity contribution is 6.00. The van der Waals surface area contributed by atoms with Crippen LogP contribution in [0.4, 0.5) is 30.7 Å². The molecule has 5 aliphatic carbocycles. The van der Waals surface area contributed by atoms with E-state index < -0.39 is 52.7 Å². The molecule has 55 heavy (non-hydrogen) atoms. The number of nitrogens with zero attached hydrogens (tertiary/aromatic N) is 4. The summed E-state index contributed by atoms with van der Waals surface area (Å²) in [6, 6.07) is 4.56. The van der Waals surface area contributed by atoms with E-state index in [9.17, 15) is 45.4 Å². The minimum atomic E-state index is -5.11. The predicted octanol–water partition coefficient (Wildman–Crippen LogP) is 8.38. The van der Waals surface area contributed by atoms with Crippen molar-refractivity contribution in [1.82, 2.24) is 24.8 Å². The van der Waals surface area contributed by atoms with E-state index in [4.69, 9.17) is 4.74 Å². The van der Waals surface area contributed by atoms with E-state index >= 15 is 0 Å². The van der Waals surface area contributed by atoms with Crippen molar-refractivity contribution in [2.24, 2.45) is 23.7 Å². The number of fused-ring (bicyclic) bond motifs is 1. The van der Waals surface area contributed by atoms with Gasteiger partial charge < -0.3 is 19.7 Å². The van der Waals surface area contributed by atoms with Gasteiger partial charge in [-0.3, -0.25) is 9.69 Å². The van der Waals surface area contributed by atoms with Gasteiger partial charge in [0.25, 0.3) is 11.8 Å². The summed E-state index contributed by atoms with van der Waals surface area (Å²) in [4.78, 5) is 36.4. The third-order valence-electron chi connectivity index (χ3n) is 12.9. The number of nitrogens with one attached hydrogen (secondary N) is 1. The van der Waals surface area contributed by atoms with Crippen molar-refractivity contribution in [1.29, 1.82) is 0 Å². The first kappa shape index (κ1) is 37.9. The van der Waals surface area contributed by atoms with Crippen LogP contribution in [0.2, 0.25) is 0 Å². The molecule has 1 amide bonds. The Kier molecular flexibility index (Phi) is 9.39. The number of hydrogen-bond acceptors (Lipinski definition) is 6. The van der Waals surface area contributed by atoms with Crippen LogP contribution in [0.3, 0.4) is 0 Å². The summed E-state index contributed by atoms with van der Waals surface area (Å²) in [5.41, 5.74) is -3.38. The third-order valence-corrected chi connectivity index (χ3v) is 12.9. The van der Waals surface area contributed by atoms with Gasteiger partial charge >= 0.3 is 12.1 Å². The van der Waals surface area contributed by atoms with Crippen molar-refractivity contribution >= 4 is 22.8 Å². The Morgan fingerprint density at radius 2 is 1.60 bits per heavy atom. The first-order valence-electron chi connectivity index (χ1n) is 19.2. The van der Waals surface area contributed by atoms with Gasteiger partial charge in [0.1, 0.15) is 17.4 Å². The number of carboxylic acids is 1. The Labute approximate surface area is 313 Å². The fourth-order valence-corrected chi connectivity index (χ4v) is 10.5. The van der Waals surface area contributed by atoms with Gasteiger partial charge in [0.15, 0.2) is 11.5 Å². The standard InChI is InChI=1S/C39H44F7N5O4/c1-36(40,41)20-50-10-6-26(7-11-50)55-27-2-3-28-30(19-51(31(28)17-27)25-4-8-37(42,43)9-5-25)33-47-18-29(32(48-33)39(44,45)46)34(52)49-38(35(53)54)23-13-21-12-22(15-23)16-24(38)14-21/h2-3,17-19,21-26H,4-16,20H2,1H3,(H,49,52)(H,53,54). The Balaban J connectivity index is 1.11. The second-order valence-electron chi connectivity index (χ2n) is 16.8. The van der Waals surface area contributed by atoms with Crippen LogP contribution in [0.5, 0.6) is 5.75 Å². The first-order valence-corrected chi connectivity index (χ1v) is 19.2. The molecule has 1 aliphatic heterocycles. The molecule has 9 rings (SSSR count). The van der Waals surface area contributed by atoms with Crippen LogP contribution in [0.1, 0.15) is 99.6 Å². The number of carbonyl (C=O) groups excluding carboxylic acids is 1. The van der Waals surface area contributed by atoms with E-state index in [1.807, 2.05) is 0 Å². The van der Waals surface area contributed by atoms with Crippen LogP contribution in [-0.2, 0) is 11.0 Å². The molecule has 9 nitrogen and oxygen atoms in total. The zero-order valence-corrected chi connectivity index (χ0v) is 30.4. The lowest BCUT2D eigenvalue weighted by Crippen LogP contribution is -2.70. The van der Waals surface area contributed by atoms with Gasteiger partial charge in [-0.15, -0.1) is 0 Å². The lowest BCUT2D eigenvalue weighted by molar-refractivity contribution is -0.163. The zero-order chi connectivity index (χ0) is 39.1. The molecule has 3 aromatic rings. The summed E-state index contributed by atoms with van der Waals surface area (Å²) >= 11 is 0. The molecular weight excluding hydrogens is 735 g/mol. The van der Waals surface area contributed by atoms with Gasteiger partial charge in [-0.25, -0.2) is 32.3 Å². The Bertz CT molecular complexity index is 1930. The SMILES string of the molecule is CC(F)(F)CN1CCC(Oc2ccc3c(-c4ncc(C(=O)NC5(C(=O)O)C6CC7CC(C6)CC5C7)c(C(F)(F)F)n4)cn(C4CCC(F)(F)CC4)c3c2)CC1. The quantitative estimate of drug-likeness (QED) is 0.210. The zero-order valence-electron chi connectivity index (χ0n) is 30.4. The fourth-order valence-electron chi connectivity index (χ4n) is 10.5. The summed E-state index contributed by atoms with van der Waals surface area (Å²) < 4.78 is 108. The molecule has 3 heterocycles. The van der Waals surface area contributed by atoms with Gasteiger partial charge in [0.2, 0.25) is 5.92 Å². The van der Waals surface area contributed by atoms with Gasteiger partial charge in [-0.1, -0.05) is 0 Å². The summed E-state index contributed by atoms with van der Waals surface area (Å²) in [6.45, 7) is 1.36. The van der Waals surface area contributed by atoms with E-state index in [0.717, 1.165) is 19.5 Å². The predicted molar refractivity (Wildman–Crippen MR) is 186 cm³/mol. The van der Waals surface area contributed by atoms with E-state index in [1.165, 1.54) is 0 Å². The van der Waals surface area contributed by atoms with Crippen LogP contribution in [0.25, 0.3) is 22.3 Å². The number of hydrogen-bond donors (Lipinski definition) is 2. The van der Waals surface area contributed by atoms with E-state index in [2.05, 4.69) is 15.3 Å². The average molecular weight is 780 g/mol. The largest absolute Gasteiger partial charge is 0.490 e. The summed E-state index contributed by atoms with van der Waals surface area (Å²) in [5, 5.41) is 13.5. The number of aromatic nitrogens is 3. The van der Waals surface area contributed by atoms with Crippen LogP contribution in [-0.4, -0.2) is 79.5 Å². The molecule has 0 spiro atoms. The normalized spacial score (nSPS) is 28.8. The fraction of sp³-hybridized carbons (Fsp3) is 0.641. The maximum Gasteiger partial charge on any atom is 0.434 e. The maximum atomic E-state index is 14.8. The van der Waals surface area contributed by atoms with Crippen molar-refractivity contribution in [2.45, 2.75) is 113 Å². The molecule has 6 aliphatic rings. The Morgan fingerprint density at radius 1 is 0.964 bits per heavy atom. The molecule has 298 valence electrons. The van der Waals surface area contributed by atoms with Gasteiger partial charge in [-0.05, 0) is 93.6 Å². The van der Waals surface area contributed by atoms with Crippen molar-refractivity contribution < 1.29 is 50.2 Å². The average Bonchev–Trinajstić information content (AvgIpc) is 3.48. The molecular formula is C39H44F7N5O4. The first-order chi connectivity index (χ1) is 25.9. The summed E-state index contributed by atoms with van der Waals surface area (Å²) in [6.07, 6.45) is 0.844. The number of alkyl halides is 7. The van der Waals surface area contributed by atoms with Gasteiger partial charge in [-0.2, -0.15) is 13.2 Å².